The summed E-state index contributed by atoms with van der Waals surface area (Å²) in [5, 5.41) is 2.96. The summed E-state index contributed by atoms with van der Waals surface area (Å²) in [6.45, 7) is 1.15. The summed E-state index contributed by atoms with van der Waals surface area (Å²) in [5.41, 5.74) is 2.72. The van der Waals surface area contributed by atoms with E-state index >= 15 is 0 Å². The van der Waals surface area contributed by atoms with Gasteiger partial charge in [-0.1, -0.05) is 6.07 Å². The van der Waals surface area contributed by atoms with Crippen molar-refractivity contribution in [1.82, 2.24) is 9.88 Å². The first-order valence-electron chi connectivity index (χ1n) is 7.76. The SMILES string of the molecule is COc1ccc(-c2nc(CN(C)Cc3ccc(F)c(F)c3)cs2)cc1. The third-order valence-corrected chi connectivity index (χ3v) is 4.70. The Balaban J connectivity index is 1.64. The maximum absolute atomic E-state index is 13.3. The van der Waals surface area contributed by atoms with Gasteiger partial charge < -0.3 is 4.74 Å². The molecule has 0 saturated carbocycles. The molecule has 3 nitrogen and oxygen atoms in total. The number of rotatable bonds is 6. The van der Waals surface area contributed by atoms with Crippen LogP contribution in [0.3, 0.4) is 0 Å². The van der Waals surface area contributed by atoms with Crippen LogP contribution in [-0.4, -0.2) is 24.0 Å². The Morgan fingerprint density at radius 1 is 1.04 bits per heavy atom. The minimum Gasteiger partial charge on any atom is -0.497 e. The maximum atomic E-state index is 13.3. The number of thiazole rings is 1. The van der Waals surface area contributed by atoms with Gasteiger partial charge in [-0.3, -0.25) is 4.90 Å². The van der Waals surface area contributed by atoms with Crippen molar-refractivity contribution in [1.29, 1.82) is 0 Å². The van der Waals surface area contributed by atoms with Crippen LogP contribution in [0.25, 0.3) is 10.6 Å². The van der Waals surface area contributed by atoms with Gasteiger partial charge in [0, 0.05) is 24.0 Å². The third kappa shape index (κ3) is 4.41. The predicted octanol–water partition coefficient (Wildman–Crippen LogP) is 4.73. The maximum Gasteiger partial charge on any atom is 0.159 e. The highest BCUT2D eigenvalue weighted by atomic mass is 32.1. The number of nitrogens with zero attached hydrogens (tertiary/aromatic N) is 2. The minimum absolute atomic E-state index is 0.520. The van der Waals surface area contributed by atoms with Crippen molar-refractivity contribution in [3.8, 4) is 16.3 Å². The van der Waals surface area contributed by atoms with Gasteiger partial charge in [-0.15, -0.1) is 11.3 Å². The Kier molecular flexibility index (Phi) is 5.40. The molecule has 3 aromatic rings. The molecule has 1 aromatic heterocycles. The lowest BCUT2D eigenvalue weighted by Gasteiger charge is -2.15. The highest BCUT2D eigenvalue weighted by molar-refractivity contribution is 7.13. The van der Waals surface area contributed by atoms with Crippen molar-refractivity contribution in [2.24, 2.45) is 0 Å². The van der Waals surface area contributed by atoms with Crippen molar-refractivity contribution >= 4 is 11.3 Å². The normalized spacial score (nSPS) is 11.1. The average Bonchev–Trinajstić information content (AvgIpc) is 3.06. The summed E-state index contributed by atoms with van der Waals surface area (Å²) < 4.78 is 31.4. The second-order valence-electron chi connectivity index (χ2n) is 5.79. The van der Waals surface area contributed by atoms with Gasteiger partial charge in [0.1, 0.15) is 10.8 Å². The quantitative estimate of drug-likeness (QED) is 0.635. The first kappa shape index (κ1) is 17.5. The fourth-order valence-corrected chi connectivity index (χ4v) is 3.34. The van der Waals surface area contributed by atoms with Crippen molar-refractivity contribution in [3.63, 3.8) is 0 Å². The van der Waals surface area contributed by atoms with E-state index in [-0.39, 0.29) is 0 Å². The lowest BCUT2D eigenvalue weighted by molar-refractivity contribution is 0.315. The van der Waals surface area contributed by atoms with E-state index < -0.39 is 11.6 Å². The van der Waals surface area contributed by atoms with Crippen LogP contribution in [0.4, 0.5) is 8.78 Å². The molecule has 0 spiro atoms. The van der Waals surface area contributed by atoms with Gasteiger partial charge in [-0.25, -0.2) is 13.8 Å². The summed E-state index contributed by atoms with van der Waals surface area (Å²) in [4.78, 5) is 6.66. The molecular formula is C19H18F2N2OS. The smallest absolute Gasteiger partial charge is 0.159 e. The van der Waals surface area contributed by atoms with Crippen LogP contribution in [0.2, 0.25) is 0 Å². The van der Waals surface area contributed by atoms with E-state index in [1.165, 1.54) is 6.07 Å². The molecule has 0 aliphatic rings. The van der Waals surface area contributed by atoms with Gasteiger partial charge in [0.25, 0.3) is 0 Å². The van der Waals surface area contributed by atoms with Crippen LogP contribution in [-0.2, 0) is 13.1 Å². The molecule has 130 valence electrons. The highest BCUT2D eigenvalue weighted by Crippen LogP contribution is 2.26. The fraction of sp³-hybridized carbons (Fsp3) is 0.211. The molecule has 0 atom stereocenters. The Morgan fingerprint density at radius 3 is 2.48 bits per heavy atom. The Labute approximate surface area is 149 Å². The zero-order valence-corrected chi connectivity index (χ0v) is 14.8. The van der Waals surface area contributed by atoms with E-state index in [0.29, 0.717) is 13.1 Å². The first-order valence-corrected chi connectivity index (χ1v) is 8.64. The Bertz CT molecular complexity index is 849. The second kappa shape index (κ2) is 7.72. The van der Waals surface area contributed by atoms with E-state index in [1.807, 2.05) is 41.6 Å². The number of hydrogen-bond donors (Lipinski definition) is 0. The molecule has 0 radical (unpaired) electrons. The molecule has 0 fully saturated rings. The molecule has 0 bridgehead atoms. The van der Waals surface area contributed by atoms with Gasteiger partial charge in [0.2, 0.25) is 0 Å². The number of hydrogen-bond acceptors (Lipinski definition) is 4. The molecule has 0 aliphatic heterocycles. The van der Waals surface area contributed by atoms with Gasteiger partial charge >= 0.3 is 0 Å². The minimum atomic E-state index is -0.824. The topological polar surface area (TPSA) is 25.4 Å². The van der Waals surface area contributed by atoms with Crippen LogP contribution in [0, 0.1) is 11.6 Å². The summed E-state index contributed by atoms with van der Waals surface area (Å²) in [5.74, 6) is -0.830. The molecule has 1 heterocycles. The second-order valence-corrected chi connectivity index (χ2v) is 6.65. The lowest BCUT2D eigenvalue weighted by atomic mass is 10.2. The van der Waals surface area contributed by atoms with E-state index in [2.05, 4.69) is 4.98 Å². The fourth-order valence-electron chi connectivity index (χ4n) is 2.53. The predicted molar refractivity (Wildman–Crippen MR) is 95.6 cm³/mol. The summed E-state index contributed by atoms with van der Waals surface area (Å²) in [6.07, 6.45) is 0. The number of benzene rings is 2. The molecule has 0 aliphatic carbocycles. The Morgan fingerprint density at radius 2 is 1.80 bits per heavy atom. The average molecular weight is 360 g/mol. The molecule has 0 saturated heterocycles. The molecule has 2 aromatic carbocycles. The molecule has 3 rings (SSSR count). The van der Waals surface area contributed by atoms with Crippen molar-refractivity contribution in [2.45, 2.75) is 13.1 Å². The van der Waals surface area contributed by atoms with Gasteiger partial charge in [0.05, 0.1) is 12.8 Å². The van der Waals surface area contributed by atoms with Gasteiger partial charge in [0.15, 0.2) is 11.6 Å². The van der Waals surface area contributed by atoms with Gasteiger partial charge in [-0.2, -0.15) is 0 Å². The van der Waals surface area contributed by atoms with Crippen molar-refractivity contribution < 1.29 is 13.5 Å². The molecular weight excluding hydrogens is 342 g/mol. The Hall–Kier alpha value is -2.31. The monoisotopic (exact) mass is 360 g/mol. The van der Waals surface area contributed by atoms with Crippen LogP contribution in [0.1, 0.15) is 11.3 Å². The summed E-state index contributed by atoms with van der Waals surface area (Å²) in [6, 6.07) is 11.8. The lowest BCUT2D eigenvalue weighted by Crippen LogP contribution is -2.17. The van der Waals surface area contributed by atoms with Crippen molar-refractivity contribution in [2.75, 3.05) is 14.2 Å². The van der Waals surface area contributed by atoms with E-state index in [1.54, 1.807) is 24.5 Å². The van der Waals surface area contributed by atoms with Gasteiger partial charge in [-0.05, 0) is 49.0 Å². The van der Waals surface area contributed by atoms with Crippen LogP contribution in [0.15, 0.2) is 47.8 Å². The molecule has 0 unspecified atom stereocenters. The van der Waals surface area contributed by atoms with E-state index in [4.69, 9.17) is 4.74 Å². The third-order valence-electron chi connectivity index (χ3n) is 3.76. The number of aromatic nitrogens is 1. The van der Waals surface area contributed by atoms with E-state index in [9.17, 15) is 8.78 Å². The molecule has 25 heavy (non-hydrogen) atoms. The largest absolute Gasteiger partial charge is 0.497 e. The standard InChI is InChI=1S/C19H18F2N2OS/c1-23(10-13-3-8-17(20)18(21)9-13)11-15-12-25-19(22-15)14-4-6-16(24-2)7-5-14/h3-9,12H,10-11H2,1-2H3. The number of methoxy groups -OCH3 is 1. The zero-order valence-electron chi connectivity index (χ0n) is 14.0. The van der Waals surface area contributed by atoms with Crippen molar-refractivity contribution in [3.05, 3.63) is 70.7 Å². The number of halogens is 2. The van der Waals surface area contributed by atoms with Crippen LogP contribution >= 0.6 is 11.3 Å². The van der Waals surface area contributed by atoms with E-state index in [0.717, 1.165) is 33.6 Å². The summed E-state index contributed by atoms with van der Waals surface area (Å²) in [7, 11) is 3.56. The highest BCUT2D eigenvalue weighted by Gasteiger charge is 2.09. The number of ether oxygens (including phenoxy) is 1. The molecule has 0 amide bonds. The summed E-state index contributed by atoms with van der Waals surface area (Å²) >= 11 is 1.58. The first-order chi connectivity index (χ1) is 12.0. The van der Waals surface area contributed by atoms with Crippen LogP contribution in [0.5, 0.6) is 5.75 Å². The zero-order chi connectivity index (χ0) is 17.8. The molecule has 6 heteroatoms. The van der Waals surface area contributed by atoms with Crippen LogP contribution < -0.4 is 4.74 Å². The molecule has 0 N–H and O–H groups in total.